The molecule has 0 saturated carbocycles. The molecule has 0 radical (unpaired) electrons. The Morgan fingerprint density at radius 1 is 1.10 bits per heavy atom. The highest BCUT2D eigenvalue weighted by molar-refractivity contribution is 14.0. The smallest absolute Gasteiger partial charge is 0.191 e. The van der Waals surface area contributed by atoms with Gasteiger partial charge in [0.25, 0.3) is 0 Å². The zero-order valence-electron chi connectivity index (χ0n) is 16.7. The molecule has 3 aromatic rings. The van der Waals surface area contributed by atoms with E-state index in [1.165, 1.54) is 11.6 Å². The Morgan fingerprint density at radius 2 is 1.90 bits per heavy atom. The molecule has 2 N–H and O–H groups in total. The van der Waals surface area contributed by atoms with Crippen molar-refractivity contribution in [3.8, 4) is 0 Å². The van der Waals surface area contributed by atoms with Gasteiger partial charge in [-0.2, -0.15) is 5.10 Å². The first-order chi connectivity index (χ1) is 13.6. The molecule has 2 aromatic carbocycles. The Bertz CT molecular complexity index is 924. The van der Waals surface area contributed by atoms with Crippen molar-refractivity contribution in [2.45, 2.75) is 26.4 Å². The minimum atomic E-state index is -0.195. The summed E-state index contributed by atoms with van der Waals surface area (Å²) in [7, 11) is 1.75. The van der Waals surface area contributed by atoms with Crippen LogP contribution in [0.25, 0.3) is 0 Å². The summed E-state index contributed by atoms with van der Waals surface area (Å²) in [6.45, 7) is 4.05. The van der Waals surface area contributed by atoms with E-state index < -0.39 is 0 Å². The lowest BCUT2D eigenvalue weighted by molar-refractivity contribution is 0.625. The van der Waals surface area contributed by atoms with E-state index in [4.69, 9.17) is 0 Å². The summed E-state index contributed by atoms with van der Waals surface area (Å²) in [4.78, 5) is 4.25. The van der Waals surface area contributed by atoms with Crippen LogP contribution in [0.4, 0.5) is 4.39 Å². The number of aromatic nitrogens is 2. The first kappa shape index (κ1) is 22.9. The first-order valence-electron chi connectivity index (χ1n) is 9.39. The van der Waals surface area contributed by atoms with Gasteiger partial charge in [-0.3, -0.25) is 9.67 Å². The average Bonchev–Trinajstić information content (AvgIpc) is 3.14. The summed E-state index contributed by atoms with van der Waals surface area (Å²) in [5.74, 6) is 0.537. The fraction of sp³-hybridized carbons (Fsp3) is 0.273. The molecule has 1 aromatic heterocycles. The van der Waals surface area contributed by atoms with E-state index in [1.54, 1.807) is 13.1 Å². The van der Waals surface area contributed by atoms with Gasteiger partial charge in [0.1, 0.15) is 5.82 Å². The van der Waals surface area contributed by atoms with Gasteiger partial charge in [-0.15, -0.1) is 24.0 Å². The molecule has 0 unspecified atom stereocenters. The Kier molecular flexibility index (Phi) is 9.11. The fourth-order valence-electron chi connectivity index (χ4n) is 3.02. The van der Waals surface area contributed by atoms with Crippen molar-refractivity contribution >= 4 is 29.9 Å². The second kappa shape index (κ2) is 11.5. The lowest BCUT2D eigenvalue weighted by atomic mass is 10.1. The monoisotopic (exact) mass is 507 g/mol. The van der Waals surface area contributed by atoms with Crippen LogP contribution in [0.3, 0.4) is 0 Å². The second-order valence-corrected chi connectivity index (χ2v) is 6.71. The van der Waals surface area contributed by atoms with Gasteiger partial charge in [-0.05, 0) is 42.2 Å². The highest BCUT2D eigenvalue weighted by Crippen LogP contribution is 2.10. The molecule has 0 spiro atoms. The Balaban J connectivity index is 0.00000300. The zero-order chi connectivity index (χ0) is 19.8. The summed E-state index contributed by atoms with van der Waals surface area (Å²) in [5, 5.41) is 11.0. The van der Waals surface area contributed by atoms with Crippen LogP contribution < -0.4 is 10.6 Å². The molecule has 1 heterocycles. The number of benzene rings is 2. The largest absolute Gasteiger partial charge is 0.356 e. The van der Waals surface area contributed by atoms with Gasteiger partial charge in [0.05, 0.1) is 12.7 Å². The van der Waals surface area contributed by atoms with Crippen LogP contribution in [0.2, 0.25) is 0 Å². The number of rotatable bonds is 7. The predicted octanol–water partition coefficient (Wildman–Crippen LogP) is 3.90. The molecule has 0 bridgehead atoms. The van der Waals surface area contributed by atoms with Gasteiger partial charge in [0.15, 0.2) is 5.96 Å². The Hall–Kier alpha value is -2.42. The summed E-state index contributed by atoms with van der Waals surface area (Å²) in [6.07, 6.45) is 4.71. The number of hydrogen-bond donors (Lipinski definition) is 2. The molecule has 7 heteroatoms. The van der Waals surface area contributed by atoms with Gasteiger partial charge in [-0.25, -0.2) is 4.39 Å². The molecular formula is C22H27FIN5. The predicted molar refractivity (Wildman–Crippen MR) is 126 cm³/mol. The molecule has 154 valence electrons. The quantitative estimate of drug-likeness (QED) is 0.290. The van der Waals surface area contributed by atoms with Crippen molar-refractivity contribution in [1.29, 1.82) is 0 Å². The number of aliphatic imine (C=N–C) groups is 1. The van der Waals surface area contributed by atoms with Gasteiger partial charge < -0.3 is 10.6 Å². The van der Waals surface area contributed by atoms with Crippen LogP contribution >= 0.6 is 24.0 Å². The minimum absolute atomic E-state index is 0. The number of halogens is 2. The number of guanidine groups is 1. The van der Waals surface area contributed by atoms with Crippen molar-refractivity contribution in [3.63, 3.8) is 0 Å². The summed E-state index contributed by atoms with van der Waals surface area (Å²) >= 11 is 0. The molecule has 0 saturated heterocycles. The van der Waals surface area contributed by atoms with E-state index in [2.05, 4.69) is 32.9 Å². The third kappa shape index (κ3) is 7.16. The number of hydrogen-bond acceptors (Lipinski definition) is 2. The van der Waals surface area contributed by atoms with Crippen LogP contribution in [0.1, 0.15) is 22.3 Å². The topological polar surface area (TPSA) is 54.2 Å². The van der Waals surface area contributed by atoms with Gasteiger partial charge >= 0.3 is 0 Å². The molecule has 0 aliphatic heterocycles. The van der Waals surface area contributed by atoms with Crippen LogP contribution in [0, 0.1) is 12.7 Å². The molecule has 0 fully saturated rings. The number of aryl methyl sites for hydroxylation is 1. The normalized spacial score (nSPS) is 11.1. The van der Waals surface area contributed by atoms with Crippen LogP contribution in [-0.2, 0) is 19.5 Å². The van der Waals surface area contributed by atoms with Crippen LogP contribution in [0.5, 0.6) is 0 Å². The van der Waals surface area contributed by atoms with Crippen molar-refractivity contribution < 1.29 is 4.39 Å². The van der Waals surface area contributed by atoms with Crippen molar-refractivity contribution in [2.75, 3.05) is 13.6 Å². The van der Waals surface area contributed by atoms with E-state index in [-0.39, 0.29) is 29.8 Å². The zero-order valence-corrected chi connectivity index (χ0v) is 19.1. The van der Waals surface area contributed by atoms with Crippen molar-refractivity contribution in [3.05, 3.63) is 89.0 Å². The second-order valence-electron chi connectivity index (χ2n) is 6.71. The summed E-state index contributed by atoms with van der Waals surface area (Å²) in [5.41, 5.74) is 4.41. The SMILES string of the molecule is CN=C(NCCc1ccc(F)cc1C)NCc1cnn(Cc2ccccc2)c1.I. The maximum Gasteiger partial charge on any atom is 0.191 e. The lowest BCUT2D eigenvalue weighted by Gasteiger charge is -2.12. The highest BCUT2D eigenvalue weighted by Gasteiger charge is 2.04. The van der Waals surface area contributed by atoms with E-state index in [1.807, 2.05) is 48.3 Å². The molecule has 0 atom stereocenters. The van der Waals surface area contributed by atoms with Gasteiger partial charge in [0, 0.05) is 31.9 Å². The average molecular weight is 507 g/mol. The van der Waals surface area contributed by atoms with E-state index in [9.17, 15) is 4.39 Å². The van der Waals surface area contributed by atoms with Crippen LogP contribution in [0.15, 0.2) is 65.9 Å². The minimum Gasteiger partial charge on any atom is -0.356 e. The Morgan fingerprint density at radius 3 is 2.62 bits per heavy atom. The third-order valence-electron chi connectivity index (χ3n) is 4.55. The maximum absolute atomic E-state index is 13.2. The number of nitrogens with zero attached hydrogens (tertiary/aromatic N) is 3. The molecule has 0 aliphatic carbocycles. The van der Waals surface area contributed by atoms with Crippen molar-refractivity contribution in [1.82, 2.24) is 20.4 Å². The molecule has 3 rings (SSSR count). The fourth-order valence-corrected chi connectivity index (χ4v) is 3.02. The summed E-state index contributed by atoms with van der Waals surface area (Å²) in [6, 6.07) is 15.2. The molecule has 0 amide bonds. The standard InChI is InChI=1S/C22H26FN5.HI/c1-17-12-21(23)9-8-20(17)10-11-25-22(24-2)26-13-19-14-27-28(16-19)15-18-6-4-3-5-7-18;/h3-9,12,14,16H,10-11,13,15H2,1-2H3,(H2,24,25,26);1H. The Labute approximate surface area is 188 Å². The van der Waals surface area contributed by atoms with Gasteiger partial charge in [-0.1, -0.05) is 36.4 Å². The molecule has 0 aliphatic rings. The van der Waals surface area contributed by atoms with E-state index in [0.717, 1.165) is 42.2 Å². The highest BCUT2D eigenvalue weighted by atomic mass is 127. The first-order valence-corrected chi connectivity index (χ1v) is 9.39. The molecule has 5 nitrogen and oxygen atoms in total. The van der Waals surface area contributed by atoms with Crippen molar-refractivity contribution in [2.24, 2.45) is 4.99 Å². The maximum atomic E-state index is 13.2. The molecular weight excluding hydrogens is 480 g/mol. The van der Waals surface area contributed by atoms with E-state index in [0.29, 0.717) is 6.54 Å². The van der Waals surface area contributed by atoms with E-state index >= 15 is 0 Å². The third-order valence-corrected chi connectivity index (χ3v) is 4.55. The van der Waals surface area contributed by atoms with Crippen LogP contribution in [-0.4, -0.2) is 29.3 Å². The molecule has 29 heavy (non-hydrogen) atoms. The number of nitrogens with one attached hydrogen (secondary N) is 2. The lowest BCUT2D eigenvalue weighted by Crippen LogP contribution is -2.37. The summed E-state index contributed by atoms with van der Waals surface area (Å²) < 4.78 is 15.1. The van der Waals surface area contributed by atoms with Gasteiger partial charge in [0.2, 0.25) is 0 Å².